The number of rotatable bonds is 1. The zero-order valence-corrected chi connectivity index (χ0v) is 12.0. The van der Waals surface area contributed by atoms with Crippen LogP contribution in [0.25, 0.3) is 0 Å². The highest BCUT2D eigenvalue weighted by atomic mass is 16.6. The van der Waals surface area contributed by atoms with Crippen molar-refractivity contribution in [3.05, 3.63) is 23.0 Å². The van der Waals surface area contributed by atoms with E-state index in [1.54, 1.807) is 4.90 Å². The number of H-pyrrole nitrogens is 1. The molecule has 0 saturated heterocycles. The number of hydrogen-bond acceptors (Lipinski definition) is 3. The molecule has 5 heteroatoms. The van der Waals surface area contributed by atoms with E-state index in [0.29, 0.717) is 19.6 Å². The Morgan fingerprint density at radius 3 is 2.74 bits per heavy atom. The molecule has 0 saturated carbocycles. The molecule has 106 valence electrons. The summed E-state index contributed by atoms with van der Waals surface area (Å²) in [7, 11) is 0. The summed E-state index contributed by atoms with van der Waals surface area (Å²) < 4.78 is 5.41. The monoisotopic (exact) mass is 265 g/mol. The smallest absolute Gasteiger partial charge is 0.410 e. The van der Waals surface area contributed by atoms with Crippen LogP contribution in [0, 0.1) is 0 Å². The molecule has 1 aliphatic heterocycles. The van der Waals surface area contributed by atoms with E-state index in [4.69, 9.17) is 10.5 Å². The molecule has 0 aromatic carbocycles. The van der Waals surface area contributed by atoms with E-state index < -0.39 is 5.60 Å². The Kier molecular flexibility index (Phi) is 3.85. The Morgan fingerprint density at radius 1 is 1.42 bits per heavy atom. The number of amides is 1. The van der Waals surface area contributed by atoms with Gasteiger partial charge in [0, 0.05) is 37.4 Å². The van der Waals surface area contributed by atoms with Crippen molar-refractivity contribution in [1.29, 1.82) is 0 Å². The van der Waals surface area contributed by atoms with Crippen LogP contribution < -0.4 is 5.73 Å². The predicted octanol–water partition coefficient (Wildman–Crippen LogP) is 1.81. The van der Waals surface area contributed by atoms with Gasteiger partial charge in [0.1, 0.15) is 5.60 Å². The zero-order valence-electron chi connectivity index (χ0n) is 12.0. The number of nitrogens with zero attached hydrogens (tertiary/aromatic N) is 1. The van der Waals surface area contributed by atoms with Crippen LogP contribution in [-0.4, -0.2) is 34.7 Å². The summed E-state index contributed by atoms with van der Waals surface area (Å²) in [5.41, 5.74) is 8.73. The van der Waals surface area contributed by atoms with E-state index >= 15 is 0 Å². The van der Waals surface area contributed by atoms with Crippen molar-refractivity contribution < 1.29 is 9.53 Å². The van der Waals surface area contributed by atoms with Gasteiger partial charge in [0.15, 0.2) is 0 Å². The molecule has 2 heterocycles. The van der Waals surface area contributed by atoms with Crippen LogP contribution in [0.1, 0.15) is 37.7 Å². The van der Waals surface area contributed by atoms with Crippen molar-refractivity contribution in [2.24, 2.45) is 5.73 Å². The second kappa shape index (κ2) is 5.25. The summed E-state index contributed by atoms with van der Waals surface area (Å²) in [6.45, 7) is 7.58. The highest BCUT2D eigenvalue weighted by molar-refractivity contribution is 5.68. The third-order valence-electron chi connectivity index (χ3n) is 3.20. The quantitative estimate of drug-likeness (QED) is 0.813. The summed E-state index contributed by atoms with van der Waals surface area (Å²) in [4.78, 5) is 17.1. The second-order valence-electron chi connectivity index (χ2n) is 5.97. The third-order valence-corrected chi connectivity index (χ3v) is 3.20. The largest absolute Gasteiger partial charge is 0.444 e. The fourth-order valence-electron chi connectivity index (χ4n) is 2.29. The van der Waals surface area contributed by atoms with E-state index in [2.05, 4.69) is 11.1 Å². The molecule has 0 fully saturated rings. The Morgan fingerprint density at radius 2 is 2.11 bits per heavy atom. The molecule has 2 rings (SSSR count). The molecule has 1 aromatic rings. The molecule has 0 atom stereocenters. The van der Waals surface area contributed by atoms with Gasteiger partial charge in [-0.3, -0.25) is 0 Å². The van der Waals surface area contributed by atoms with Crippen LogP contribution in [0.3, 0.4) is 0 Å². The number of aromatic amines is 1. The van der Waals surface area contributed by atoms with Crippen molar-refractivity contribution >= 4 is 6.09 Å². The third kappa shape index (κ3) is 3.50. The lowest BCUT2D eigenvalue weighted by Crippen LogP contribution is -2.38. The second-order valence-corrected chi connectivity index (χ2v) is 5.97. The van der Waals surface area contributed by atoms with E-state index in [-0.39, 0.29) is 6.09 Å². The van der Waals surface area contributed by atoms with Crippen LogP contribution in [0.15, 0.2) is 6.07 Å². The minimum absolute atomic E-state index is 0.225. The van der Waals surface area contributed by atoms with Gasteiger partial charge in [-0.15, -0.1) is 0 Å². The number of ether oxygens (including phenoxy) is 1. The minimum atomic E-state index is -0.440. The van der Waals surface area contributed by atoms with Crippen LogP contribution in [-0.2, 0) is 24.1 Å². The van der Waals surface area contributed by atoms with E-state index in [1.165, 1.54) is 11.3 Å². The summed E-state index contributed by atoms with van der Waals surface area (Å²) in [6, 6.07) is 2.11. The summed E-state index contributed by atoms with van der Waals surface area (Å²) >= 11 is 0. The molecule has 0 aliphatic carbocycles. The minimum Gasteiger partial charge on any atom is -0.444 e. The lowest BCUT2D eigenvalue weighted by molar-refractivity contribution is 0.0258. The first-order valence-electron chi connectivity index (χ1n) is 6.76. The molecule has 3 N–H and O–H groups in total. The Bertz CT molecular complexity index is 434. The van der Waals surface area contributed by atoms with Gasteiger partial charge in [0.2, 0.25) is 0 Å². The fraction of sp³-hybridized carbons (Fsp3) is 0.643. The maximum Gasteiger partial charge on any atom is 0.410 e. The molecule has 1 aromatic heterocycles. The van der Waals surface area contributed by atoms with Crippen molar-refractivity contribution in [1.82, 2.24) is 9.88 Å². The lowest BCUT2D eigenvalue weighted by Gasteiger charge is -2.26. The van der Waals surface area contributed by atoms with Gasteiger partial charge in [0.25, 0.3) is 0 Å². The van der Waals surface area contributed by atoms with Crippen molar-refractivity contribution in [2.75, 3.05) is 13.1 Å². The number of nitrogens with one attached hydrogen (secondary N) is 1. The molecule has 0 unspecified atom stereocenters. The molecule has 0 bridgehead atoms. The van der Waals surface area contributed by atoms with Gasteiger partial charge < -0.3 is 20.4 Å². The zero-order chi connectivity index (χ0) is 14.0. The maximum atomic E-state index is 12.0. The lowest BCUT2D eigenvalue weighted by atomic mass is 10.1. The Hall–Kier alpha value is -1.49. The van der Waals surface area contributed by atoms with E-state index in [9.17, 15) is 4.79 Å². The number of carbonyl (C=O) groups excluding carboxylic acids is 1. The van der Waals surface area contributed by atoms with Gasteiger partial charge in [0.05, 0.1) is 0 Å². The molecule has 0 spiro atoms. The van der Waals surface area contributed by atoms with Gasteiger partial charge in [-0.2, -0.15) is 0 Å². The number of nitrogens with two attached hydrogens (primary N) is 1. The van der Waals surface area contributed by atoms with Gasteiger partial charge >= 0.3 is 6.09 Å². The number of carbonyl (C=O) groups is 1. The topological polar surface area (TPSA) is 71.3 Å². The summed E-state index contributed by atoms with van der Waals surface area (Å²) in [5, 5.41) is 0. The first-order chi connectivity index (χ1) is 8.89. The SMILES string of the molecule is CC(C)(C)OC(=O)N1CCc2cc(CN)[nH]c2CC1. The number of aromatic nitrogens is 1. The molecular weight excluding hydrogens is 242 g/mol. The van der Waals surface area contributed by atoms with Crippen LogP contribution in [0.2, 0.25) is 0 Å². The molecule has 0 radical (unpaired) electrons. The molecule has 1 amide bonds. The molecule has 1 aliphatic rings. The van der Waals surface area contributed by atoms with Crippen molar-refractivity contribution in [3.63, 3.8) is 0 Å². The average molecular weight is 265 g/mol. The van der Waals surface area contributed by atoms with Crippen LogP contribution >= 0.6 is 0 Å². The first-order valence-corrected chi connectivity index (χ1v) is 6.76. The standard InChI is InChI=1S/C14H23N3O2/c1-14(2,3)19-13(18)17-6-4-10-8-11(9-15)16-12(10)5-7-17/h8,16H,4-7,9,15H2,1-3H3. The molecule has 19 heavy (non-hydrogen) atoms. The Balaban J connectivity index is 2.00. The van der Waals surface area contributed by atoms with Crippen LogP contribution in [0.5, 0.6) is 0 Å². The van der Waals surface area contributed by atoms with Crippen LogP contribution in [0.4, 0.5) is 4.79 Å². The van der Waals surface area contributed by atoms with Gasteiger partial charge in [-0.1, -0.05) is 0 Å². The van der Waals surface area contributed by atoms with Crippen molar-refractivity contribution in [3.8, 4) is 0 Å². The van der Waals surface area contributed by atoms with Gasteiger partial charge in [-0.05, 0) is 38.8 Å². The fourth-order valence-corrected chi connectivity index (χ4v) is 2.29. The highest BCUT2D eigenvalue weighted by Gasteiger charge is 2.24. The Labute approximate surface area is 114 Å². The summed E-state index contributed by atoms with van der Waals surface area (Å²) in [6.07, 6.45) is 1.45. The first kappa shape index (κ1) is 13.9. The normalized spacial score (nSPS) is 15.9. The van der Waals surface area contributed by atoms with E-state index in [1.807, 2.05) is 20.8 Å². The van der Waals surface area contributed by atoms with Crippen molar-refractivity contribution in [2.45, 2.75) is 45.8 Å². The molecular formula is C14H23N3O2. The number of hydrogen-bond donors (Lipinski definition) is 2. The van der Waals surface area contributed by atoms with Gasteiger partial charge in [-0.25, -0.2) is 4.79 Å². The highest BCUT2D eigenvalue weighted by Crippen LogP contribution is 2.18. The predicted molar refractivity (Wildman–Crippen MR) is 73.9 cm³/mol. The average Bonchev–Trinajstić information content (AvgIpc) is 2.59. The maximum absolute atomic E-state index is 12.0. The van der Waals surface area contributed by atoms with E-state index in [0.717, 1.165) is 18.5 Å². The number of fused-ring (bicyclic) bond motifs is 1. The molecule has 5 nitrogen and oxygen atoms in total. The summed E-state index contributed by atoms with van der Waals surface area (Å²) in [5.74, 6) is 0.